The Morgan fingerprint density at radius 2 is 1.89 bits per heavy atom. The highest BCUT2D eigenvalue weighted by molar-refractivity contribution is 5.77. The molecule has 1 aromatic carbocycles. The minimum atomic E-state index is -1.66. The van der Waals surface area contributed by atoms with E-state index in [1.807, 2.05) is 50.2 Å². The largest absolute Gasteiger partial charge is 0.469 e. The lowest BCUT2D eigenvalue weighted by Gasteiger charge is -2.04. The molecule has 0 radical (unpaired) electrons. The molecule has 1 saturated carbocycles. The smallest absolute Gasteiger partial charge is 0.310 e. The van der Waals surface area contributed by atoms with Crippen LogP contribution in [0.15, 0.2) is 58.7 Å². The van der Waals surface area contributed by atoms with E-state index in [2.05, 4.69) is 0 Å². The average molecular weight is 374 g/mol. The lowest BCUT2D eigenvalue weighted by Crippen LogP contribution is -2.10. The van der Waals surface area contributed by atoms with Crippen LogP contribution in [0, 0.1) is 17.3 Å². The number of halogens is 2. The van der Waals surface area contributed by atoms with Crippen LogP contribution in [0.1, 0.15) is 44.1 Å². The van der Waals surface area contributed by atoms with Crippen LogP contribution in [0.3, 0.4) is 0 Å². The Balaban J connectivity index is 1.53. The van der Waals surface area contributed by atoms with Crippen molar-refractivity contribution in [2.45, 2.75) is 40.2 Å². The van der Waals surface area contributed by atoms with Gasteiger partial charge in [0, 0.05) is 12.0 Å². The molecule has 3 rings (SSSR count). The molecule has 2 aromatic rings. The normalized spacial score (nSPS) is 20.2. The van der Waals surface area contributed by atoms with E-state index in [-0.39, 0.29) is 41.8 Å². The summed E-state index contributed by atoms with van der Waals surface area (Å²) < 4.78 is 36.3. The van der Waals surface area contributed by atoms with Crippen LogP contribution in [-0.4, -0.2) is 5.97 Å². The molecule has 27 heavy (non-hydrogen) atoms. The van der Waals surface area contributed by atoms with E-state index in [1.165, 1.54) is 6.92 Å². The van der Waals surface area contributed by atoms with Gasteiger partial charge in [-0.25, -0.2) is 0 Å². The van der Waals surface area contributed by atoms with Gasteiger partial charge in [0.05, 0.1) is 12.2 Å². The van der Waals surface area contributed by atoms with Crippen molar-refractivity contribution in [3.8, 4) is 0 Å². The number of benzene rings is 1. The van der Waals surface area contributed by atoms with Crippen molar-refractivity contribution in [3.05, 3.63) is 71.2 Å². The van der Waals surface area contributed by atoms with Gasteiger partial charge in [0.25, 0.3) is 6.08 Å². The van der Waals surface area contributed by atoms with E-state index in [4.69, 9.17) is 9.15 Å². The van der Waals surface area contributed by atoms with Gasteiger partial charge in [-0.15, -0.1) is 0 Å². The molecule has 0 spiro atoms. The number of rotatable bonds is 7. The Bertz CT molecular complexity index is 832. The summed E-state index contributed by atoms with van der Waals surface area (Å²) in [6.07, 6.45) is 0.829. The van der Waals surface area contributed by atoms with Crippen LogP contribution >= 0.6 is 0 Å². The van der Waals surface area contributed by atoms with E-state index in [1.54, 1.807) is 6.26 Å². The molecule has 1 heterocycles. The monoisotopic (exact) mass is 374 g/mol. The molecule has 0 saturated heterocycles. The van der Waals surface area contributed by atoms with Gasteiger partial charge in [-0.1, -0.05) is 44.2 Å². The fourth-order valence-corrected chi connectivity index (χ4v) is 3.64. The molecule has 0 N–H and O–H groups in total. The van der Waals surface area contributed by atoms with Crippen molar-refractivity contribution in [1.29, 1.82) is 0 Å². The fourth-order valence-electron chi connectivity index (χ4n) is 3.64. The van der Waals surface area contributed by atoms with Crippen LogP contribution < -0.4 is 0 Å². The Morgan fingerprint density at radius 1 is 1.19 bits per heavy atom. The van der Waals surface area contributed by atoms with Crippen molar-refractivity contribution in [1.82, 2.24) is 0 Å². The predicted octanol–water partition coefficient (Wildman–Crippen LogP) is 5.75. The third kappa shape index (κ3) is 4.46. The van der Waals surface area contributed by atoms with Gasteiger partial charge in [-0.3, -0.25) is 4.79 Å². The quantitative estimate of drug-likeness (QED) is 0.580. The van der Waals surface area contributed by atoms with Gasteiger partial charge in [0.15, 0.2) is 0 Å². The summed E-state index contributed by atoms with van der Waals surface area (Å²) in [6.45, 7) is 5.38. The maximum atomic E-state index is 12.7. The molecular formula is C22H24F2O3. The Hall–Kier alpha value is -2.43. The minimum Gasteiger partial charge on any atom is -0.469 e. The van der Waals surface area contributed by atoms with Gasteiger partial charge in [-0.05, 0) is 41.9 Å². The highest BCUT2D eigenvalue weighted by atomic mass is 19.3. The Morgan fingerprint density at radius 3 is 2.56 bits per heavy atom. The summed E-state index contributed by atoms with van der Waals surface area (Å²) in [6, 6.07) is 11.8. The number of hydrogen-bond donors (Lipinski definition) is 0. The zero-order chi connectivity index (χ0) is 19.6. The van der Waals surface area contributed by atoms with E-state index in [0.29, 0.717) is 6.42 Å². The molecule has 3 nitrogen and oxygen atoms in total. The van der Waals surface area contributed by atoms with E-state index < -0.39 is 6.08 Å². The summed E-state index contributed by atoms with van der Waals surface area (Å²) in [4.78, 5) is 12.4. The molecule has 2 unspecified atom stereocenters. The van der Waals surface area contributed by atoms with Crippen molar-refractivity contribution in [2.24, 2.45) is 17.3 Å². The van der Waals surface area contributed by atoms with E-state index >= 15 is 0 Å². The van der Waals surface area contributed by atoms with Gasteiger partial charge < -0.3 is 9.15 Å². The van der Waals surface area contributed by atoms with Gasteiger partial charge in [0.1, 0.15) is 12.4 Å². The lowest BCUT2D eigenvalue weighted by atomic mass is 10.0. The van der Waals surface area contributed by atoms with Gasteiger partial charge >= 0.3 is 5.97 Å². The standard InChI is InChI=1S/C22H24F2O3/c1-14(20(23)24)9-18-19(22(18,2)3)21(25)27-13-16-11-17(26-12-16)10-15-7-5-4-6-8-15/h4-8,11-12,18-19H,9-10,13H2,1-3H3. The lowest BCUT2D eigenvalue weighted by molar-refractivity contribution is -0.147. The third-order valence-electron chi connectivity index (χ3n) is 5.46. The number of esters is 1. The third-order valence-corrected chi connectivity index (χ3v) is 5.46. The maximum Gasteiger partial charge on any atom is 0.310 e. The molecule has 0 aliphatic heterocycles. The van der Waals surface area contributed by atoms with Crippen molar-refractivity contribution in [2.75, 3.05) is 0 Å². The fraction of sp³-hybridized carbons (Fsp3) is 0.409. The summed E-state index contributed by atoms with van der Waals surface area (Å²) in [7, 11) is 0. The van der Waals surface area contributed by atoms with E-state index in [9.17, 15) is 13.6 Å². The second-order valence-electron chi connectivity index (χ2n) is 7.84. The van der Waals surface area contributed by atoms with Crippen molar-refractivity contribution < 1.29 is 22.7 Å². The molecule has 1 aliphatic carbocycles. The number of carbonyl (C=O) groups is 1. The van der Waals surface area contributed by atoms with E-state index in [0.717, 1.165) is 16.9 Å². The molecule has 1 aromatic heterocycles. The van der Waals surface area contributed by atoms with Crippen LogP contribution in [0.5, 0.6) is 0 Å². The SMILES string of the molecule is CC(CC1C(C(=O)OCc2coc(Cc3ccccc3)c2)C1(C)C)=C(F)F. The molecular weight excluding hydrogens is 350 g/mol. The average Bonchev–Trinajstić information content (AvgIpc) is 2.94. The molecule has 1 fully saturated rings. The summed E-state index contributed by atoms with van der Waals surface area (Å²) in [5.41, 5.74) is 1.66. The van der Waals surface area contributed by atoms with Gasteiger partial charge in [-0.2, -0.15) is 8.78 Å². The highest BCUT2D eigenvalue weighted by Crippen LogP contribution is 2.61. The van der Waals surface area contributed by atoms with Crippen LogP contribution in [0.4, 0.5) is 8.78 Å². The van der Waals surface area contributed by atoms with Crippen LogP contribution in [-0.2, 0) is 22.6 Å². The molecule has 2 atom stereocenters. The number of carbonyl (C=O) groups excluding carboxylic acids is 1. The molecule has 1 aliphatic rings. The van der Waals surface area contributed by atoms with Crippen LogP contribution in [0.25, 0.3) is 0 Å². The van der Waals surface area contributed by atoms with Crippen molar-refractivity contribution in [3.63, 3.8) is 0 Å². The molecule has 5 heteroatoms. The first kappa shape index (κ1) is 19.3. The highest BCUT2D eigenvalue weighted by Gasteiger charge is 2.62. The molecule has 0 amide bonds. The second kappa shape index (κ2) is 7.67. The first-order valence-corrected chi connectivity index (χ1v) is 9.06. The summed E-state index contributed by atoms with van der Waals surface area (Å²) in [5, 5.41) is 0. The number of ether oxygens (including phenoxy) is 1. The Labute approximate surface area is 158 Å². The van der Waals surface area contributed by atoms with Gasteiger partial charge in [0.2, 0.25) is 0 Å². The molecule has 144 valence electrons. The zero-order valence-electron chi connectivity index (χ0n) is 15.8. The Kier molecular flexibility index (Phi) is 5.49. The van der Waals surface area contributed by atoms with Crippen molar-refractivity contribution >= 4 is 5.97 Å². The summed E-state index contributed by atoms with van der Waals surface area (Å²) >= 11 is 0. The van der Waals surface area contributed by atoms with Crippen LogP contribution in [0.2, 0.25) is 0 Å². The summed E-state index contributed by atoms with van der Waals surface area (Å²) in [5.74, 6) is 0.0194. The first-order valence-electron chi connectivity index (χ1n) is 9.06. The second-order valence-corrected chi connectivity index (χ2v) is 7.84. The molecule has 0 bridgehead atoms. The zero-order valence-corrected chi connectivity index (χ0v) is 15.8. The topological polar surface area (TPSA) is 39.4 Å². The number of hydrogen-bond acceptors (Lipinski definition) is 3. The number of furan rings is 1. The maximum absolute atomic E-state index is 12.7. The number of allylic oxidation sites excluding steroid dienone is 1. The minimum absolute atomic E-state index is 0.0452. The first-order chi connectivity index (χ1) is 12.8. The predicted molar refractivity (Wildman–Crippen MR) is 98.0 cm³/mol.